The van der Waals surface area contributed by atoms with Crippen LogP contribution in [0, 0.1) is 5.92 Å². The first-order valence-electron chi connectivity index (χ1n) is 7.17. The van der Waals surface area contributed by atoms with Crippen LogP contribution in [-0.4, -0.2) is 44.9 Å². The molecule has 0 aromatic carbocycles. The molecule has 18 heavy (non-hydrogen) atoms. The lowest BCUT2D eigenvalue weighted by Crippen LogP contribution is -2.47. The van der Waals surface area contributed by atoms with Crippen LogP contribution in [-0.2, 0) is 4.74 Å². The fourth-order valence-electron chi connectivity index (χ4n) is 2.58. The van der Waals surface area contributed by atoms with Crippen molar-refractivity contribution in [3.8, 4) is 0 Å². The minimum absolute atomic E-state index is 0.0482. The van der Waals surface area contributed by atoms with Crippen LogP contribution in [0.5, 0.6) is 0 Å². The highest BCUT2D eigenvalue weighted by Crippen LogP contribution is 2.12. The Morgan fingerprint density at radius 1 is 1.17 bits per heavy atom. The Kier molecular flexibility index (Phi) is 5.74. The van der Waals surface area contributed by atoms with Gasteiger partial charge in [-0.2, -0.15) is 0 Å². The van der Waals surface area contributed by atoms with E-state index in [4.69, 9.17) is 4.74 Å². The minimum atomic E-state index is -0.0482. The third-order valence-corrected chi connectivity index (χ3v) is 3.73. The maximum Gasteiger partial charge on any atom is 0.314 e. The fraction of sp³-hybridized carbons (Fsp3) is 0.923. The van der Waals surface area contributed by atoms with Crippen LogP contribution >= 0.6 is 0 Å². The van der Waals surface area contributed by atoms with Gasteiger partial charge in [-0.1, -0.05) is 6.42 Å². The molecule has 2 amide bonds. The SMILES string of the molecule is O=C(NCC1CCCOC1)NCC1CCCCN1. The van der Waals surface area contributed by atoms with Gasteiger partial charge < -0.3 is 20.7 Å². The summed E-state index contributed by atoms with van der Waals surface area (Å²) in [4.78, 5) is 11.6. The molecule has 2 rings (SSSR count). The predicted molar refractivity (Wildman–Crippen MR) is 70.6 cm³/mol. The summed E-state index contributed by atoms with van der Waals surface area (Å²) in [5, 5.41) is 9.29. The molecule has 0 bridgehead atoms. The lowest BCUT2D eigenvalue weighted by molar-refractivity contribution is 0.0557. The smallest absolute Gasteiger partial charge is 0.314 e. The number of carbonyl (C=O) groups excluding carboxylic acids is 1. The first-order chi connectivity index (χ1) is 8.84. The summed E-state index contributed by atoms with van der Waals surface area (Å²) >= 11 is 0. The molecular formula is C13H25N3O2. The van der Waals surface area contributed by atoms with E-state index in [-0.39, 0.29) is 6.03 Å². The normalized spacial score (nSPS) is 28.7. The molecule has 2 atom stereocenters. The van der Waals surface area contributed by atoms with Crippen molar-refractivity contribution in [1.82, 2.24) is 16.0 Å². The molecule has 0 spiro atoms. The number of piperidine rings is 1. The van der Waals surface area contributed by atoms with E-state index < -0.39 is 0 Å². The monoisotopic (exact) mass is 255 g/mol. The van der Waals surface area contributed by atoms with Gasteiger partial charge in [0.1, 0.15) is 0 Å². The minimum Gasteiger partial charge on any atom is -0.381 e. The molecule has 2 unspecified atom stereocenters. The summed E-state index contributed by atoms with van der Waals surface area (Å²) in [6, 6.07) is 0.399. The standard InChI is InChI=1S/C13H25N3O2/c17-13(15-8-11-4-3-7-18-10-11)16-9-12-5-1-2-6-14-12/h11-12,14H,1-10H2,(H2,15,16,17). The Bertz CT molecular complexity index is 225. The van der Waals surface area contributed by atoms with E-state index in [1.165, 1.54) is 12.8 Å². The molecule has 2 aliphatic rings. The second kappa shape index (κ2) is 7.59. The van der Waals surface area contributed by atoms with Crippen molar-refractivity contribution in [2.75, 3.05) is 32.8 Å². The summed E-state index contributed by atoms with van der Waals surface area (Å²) in [6.45, 7) is 4.19. The summed E-state index contributed by atoms with van der Waals surface area (Å²) in [5.74, 6) is 0.484. The van der Waals surface area contributed by atoms with E-state index in [2.05, 4.69) is 16.0 Å². The maximum atomic E-state index is 11.6. The van der Waals surface area contributed by atoms with Gasteiger partial charge in [-0.15, -0.1) is 0 Å². The third-order valence-electron chi connectivity index (χ3n) is 3.73. The lowest BCUT2D eigenvalue weighted by Gasteiger charge is -2.24. The fourth-order valence-corrected chi connectivity index (χ4v) is 2.58. The Labute approximate surface area is 109 Å². The van der Waals surface area contributed by atoms with Crippen molar-refractivity contribution >= 4 is 6.03 Å². The van der Waals surface area contributed by atoms with Crippen molar-refractivity contribution < 1.29 is 9.53 Å². The third kappa shape index (κ3) is 4.82. The zero-order chi connectivity index (χ0) is 12.6. The Balaban J connectivity index is 1.54. The zero-order valence-electron chi connectivity index (χ0n) is 11.0. The van der Waals surface area contributed by atoms with Crippen molar-refractivity contribution in [2.45, 2.75) is 38.1 Å². The summed E-state index contributed by atoms with van der Waals surface area (Å²) in [5.41, 5.74) is 0. The molecular weight excluding hydrogens is 230 g/mol. The number of hydrogen-bond acceptors (Lipinski definition) is 3. The maximum absolute atomic E-state index is 11.6. The van der Waals surface area contributed by atoms with Crippen LogP contribution in [0.1, 0.15) is 32.1 Å². The number of carbonyl (C=O) groups is 1. The van der Waals surface area contributed by atoms with Gasteiger partial charge in [0.2, 0.25) is 0 Å². The van der Waals surface area contributed by atoms with Crippen LogP contribution in [0.25, 0.3) is 0 Å². The van der Waals surface area contributed by atoms with Gasteiger partial charge in [0, 0.05) is 25.7 Å². The van der Waals surface area contributed by atoms with Gasteiger partial charge in [-0.05, 0) is 38.1 Å². The largest absolute Gasteiger partial charge is 0.381 e. The first-order valence-corrected chi connectivity index (χ1v) is 7.17. The lowest BCUT2D eigenvalue weighted by atomic mass is 10.0. The van der Waals surface area contributed by atoms with Crippen molar-refractivity contribution in [3.05, 3.63) is 0 Å². The van der Waals surface area contributed by atoms with E-state index in [1.807, 2.05) is 0 Å². The predicted octanol–water partition coefficient (Wildman–Crippen LogP) is 0.854. The Morgan fingerprint density at radius 2 is 2.06 bits per heavy atom. The first kappa shape index (κ1) is 13.6. The number of hydrogen-bond donors (Lipinski definition) is 3. The van der Waals surface area contributed by atoms with Crippen LogP contribution in [0.2, 0.25) is 0 Å². The molecule has 2 heterocycles. The van der Waals surface area contributed by atoms with Gasteiger partial charge in [0.15, 0.2) is 0 Å². The van der Waals surface area contributed by atoms with Crippen molar-refractivity contribution in [2.24, 2.45) is 5.92 Å². The van der Waals surface area contributed by atoms with E-state index in [9.17, 15) is 4.79 Å². The molecule has 2 saturated heterocycles. The molecule has 0 aromatic heterocycles. The highest BCUT2D eigenvalue weighted by molar-refractivity contribution is 5.73. The van der Waals surface area contributed by atoms with E-state index >= 15 is 0 Å². The molecule has 2 aliphatic heterocycles. The van der Waals surface area contributed by atoms with Crippen LogP contribution < -0.4 is 16.0 Å². The summed E-state index contributed by atoms with van der Waals surface area (Å²) in [6.07, 6.45) is 5.95. The zero-order valence-corrected chi connectivity index (χ0v) is 11.0. The molecule has 104 valence electrons. The number of ether oxygens (including phenoxy) is 1. The molecule has 5 nitrogen and oxygen atoms in total. The molecule has 0 saturated carbocycles. The second-order valence-electron chi connectivity index (χ2n) is 5.32. The highest BCUT2D eigenvalue weighted by atomic mass is 16.5. The Morgan fingerprint density at radius 3 is 2.78 bits per heavy atom. The number of nitrogens with one attached hydrogen (secondary N) is 3. The topological polar surface area (TPSA) is 62.4 Å². The Hall–Kier alpha value is -0.810. The van der Waals surface area contributed by atoms with E-state index in [0.717, 1.165) is 52.1 Å². The molecule has 3 N–H and O–H groups in total. The average molecular weight is 255 g/mol. The number of amides is 2. The average Bonchev–Trinajstić information content (AvgIpc) is 2.45. The van der Waals surface area contributed by atoms with Gasteiger partial charge >= 0.3 is 6.03 Å². The van der Waals surface area contributed by atoms with Crippen LogP contribution in [0.4, 0.5) is 4.79 Å². The van der Waals surface area contributed by atoms with Crippen LogP contribution in [0.15, 0.2) is 0 Å². The molecule has 2 fully saturated rings. The highest BCUT2D eigenvalue weighted by Gasteiger charge is 2.16. The second-order valence-corrected chi connectivity index (χ2v) is 5.32. The number of rotatable bonds is 4. The van der Waals surface area contributed by atoms with Gasteiger partial charge in [-0.3, -0.25) is 0 Å². The summed E-state index contributed by atoms with van der Waals surface area (Å²) < 4.78 is 5.39. The van der Waals surface area contributed by atoms with Gasteiger partial charge in [0.25, 0.3) is 0 Å². The molecule has 5 heteroatoms. The van der Waals surface area contributed by atoms with Gasteiger partial charge in [-0.25, -0.2) is 4.79 Å². The number of urea groups is 1. The quantitative estimate of drug-likeness (QED) is 0.698. The molecule has 0 radical (unpaired) electrons. The molecule has 0 aromatic rings. The van der Waals surface area contributed by atoms with Crippen molar-refractivity contribution in [1.29, 1.82) is 0 Å². The van der Waals surface area contributed by atoms with Crippen LogP contribution in [0.3, 0.4) is 0 Å². The van der Waals surface area contributed by atoms with Crippen molar-refractivity contribution in [3.63, 3.8) is 0 Å². The van der Waals surface area contributed by atoms with Gasteiger partial charge in [0.05, 0.1) is 6.61 Å². The summed E-state index contributed by atoms with van der Waals surface area (Å²) in [7, 11) is 0. The van der Waals surface area contributed by atoms with E-state index in [0.29, 0.717) is 12.0 Å². The molecule has 0 aliphatic carbocycles. The van der Waals surface area contributed by atoms with E-state index in [1.54, 1.807) is 0 Å².